The first-order valence-electron chi connectivity index (χ1n) is 6.05. The molecule has 0 aromatic heterocycles. The molecule has 0 saturated carbocycles. The Labute approximate surface area is 117 Å². The van der Waals surface area contributed by atoms with E-state index in [1.807, 2.05) is 24.4 Å². The van der Waals surface area contributed by atoms with Crippen molar-refractivity contribution in [2.45, 2.75) is 13.8 Å². The number of aryl methyl sites for hydroxylation is 1. The molecule has 20 heavy (non-hydrogen) atoms. The van der Waals surface area contributed by atoms with E-state index < -0.39 is 17.9 Å². The molecule has 0 bridgehead atoms. The van der Waals surface area contributed by atoms with Crippen molar-refractivity contribution < 1.29 is 14.3 Å². The minimum Gasteiger partial charge on any atom is -0.450 e. The summed E-state index contributed by atoms with van der Waals surface area (Å²) in [6.07, 6.45) is 0.332. The van der Waals surface area contributed by atoms with Gasteiger partial charge in [0.05, 0.1) is 18.4 Å². The molecule has 2 amide bonds. The standard InChI is InChI=1S/C14H15N3O3/c1-3-20-14(19)17-13(18)11(8-15)9-16-12-7-5-4-6-10(12)2/h4-7,9,11H,3H2,1-2H3,(H,17,18,19). The number of amides is 2. The lowest BCUT2D eigenvalue weighted by atomic mass is 10.1. The maximum absolute atomic E-state index is 11.6. The van der Waals surface area contributed by atoms with Crippen molar-refractivity contribution in [3.63, 3.8) is 0 Å². The van der Waals surface area contributed by atoms with Gasteiger partial charge >= 0.3 is 6.09 Å². The Morgan fingerprint density at radius 3 is 2.80 bits per heavy atom. The predicted octanol–water partition coefficient (Wildman–Crippen LogP) is 2.11. The van der Waals surface area contributed by atoms with E-state index in [1.54, 1.807) is 25.1 Å². The number of nitrogens with one attached hydrogen (secondary N) is 1. The number of carbonyl (C=O) groups is 2. The monoisotopic (exact) mass is 273 g/mol. The van der Waals surface area contributed by atoms with Gasteiger partial charge in [0.15, 0.2) is 5.92 Å². The third-order valence-corrected chi connectivity index (χ3v) is 2.40. The zero-order valence-electron chi connectivity index (χ0n) is 11.3. The SMILES string of the molecule is CCOC(=O)NC(=O)C(C#N)C=Nc1ccccc1C. The maximum atomic E-state index is 11.6. The number of imide groups is 1. The molecule has 0 heterocycles. The molecule has 0 saturated heterocycles. The summed E-state index contributed by atoms with van der Waals surface area (Å²) in [6, 6.07) is 9.08. The molecule has 0 aliphatic heterocycles. The highest BCUT2D eigenvalue weighted by molar-refractivity contribution is 6.03. The fourth-order valence-corrected chi connectivity index (χ4v) is 1.37. The quantitative estimate of drug-likeness (QED) is 0.850. The molecule has 1 unspecified atom stereocenters. The van der Waals surface area contributed by atoms with Crippen LogP contribution in [0.15, 0.2) is 29.3 Å². The molecule has 1 atom stereocenters. The van der Waals surface area contributed by atoms with E-state index >= 15 is 0 Å². The van der Waals surface area contributed by atoms with E-state index in [2.05, 4.69) is 9.73 Å². The van der Waals surface area contributed by atoms with Crippen LogP contribution in [0, 0.1) is 24.2 Å². The van der Waals surface area contributed by atoms with Crippen LogP contribution in [0.25, 0.3) is 0 Å². The number of ether oxygens (including phenoxy) is 1. The molecule has 0 spiro atoms. The number of alkyl carbamates (subject to hydrolysis) is 1. The molecule has 0 radical (unpaired) electrons. The Morgan fingerprint density at radius 1 is 1.50 bits per heavy atom. The molecule has 0 aliphatic carbocycles. The first-order chi connectivity index (χ1) is 9.58. The van der Waals surface area contributed by atoms with Crippen molar-refractivity contribution in [2.24, 2.45) is 10.9 Å². The summed E-state index contributed by atoms with van der Waals surface area (Å²) in [6.45, 7) is 3.63. The van der Waals surface area contributed by atoms with E-state index in [-0.39, 0.29) is 6.61 Å². The van der Waals surface area contributed by atoms with Gasteiger partial charge in [-0.05, 0) is 25.5 Å². The van der Waals surface area contributed by atoms with Gasteiger partial charge in [-0.1, -0.05) is 18.2 Å². The van der Waals surface area contributed by atoms with Crippen LogP contribution in [0.4, 0.5) is 10.5 Å². The number of nitrogens with zero attached hydrogens (tertiary/aromatic N) is 2. The molecule has 1 aromatic rings. The molecular formula is C14H15N3O3. The van der Waals surface area contributed by atoms with Crippen LogP contribution < -0.4 is 5.32 Å². The Balaban J connectivity index is 2.73. The Morgan fingerprint density at radius 2 is 2.20 bits per heavy atom. The van der Waals surface area contributed by atoms with E-state index in [0.717, 1.165) is 5.56 Å². The van der Waals surface area contributed by atoms with Gasteiger partial charge in [0.25, 0.3) is 5.91 Å². The van der Waals surface area contributed by atoms with Crippen molar-refractivity contribution in [3.05, 3.63) is 29.8 Å². The highest BCUT2D eigenvalue weighted by atomic mass is 16.5. The van der Waals surface area contributed by atoms with Crippen LogP contribution in [0.5, 0.6) is 0 Å². The number of benzene rings is 1. The van der Waals surface area contributed by atoms with Gasteiger partial charge < -0.3 is 4.74 Å². The summed E-state index contributed by atoms with van der Waals surface area (Å²) in [5.41, 5.74) is 1.59. The largest absolute Gasteiger partial charge is 0.450 e. The highest BCUT2D eigenvalue weighted by Gasteiger charge is 2.18. The third kappa shape index (κ3) is 4.53. The second-order valence-electron chi connectivity index (χ2n) is 3.88. The number of rotatable bonds is 4. The second-order valence-corrected chi connectivity index (χ2v) is 3.88. The highest BCUT2D eigenvalue weighted by Crippen LogP contribution is 2.16. The summed E-state index contributed by atoms with van der Waals surface area (Å²) in [5.74, 6) is -1.91. The van der Waals surface area contributed by atoms with Gasteiger partial charge in [0, 0.05) is 6.21 Å². The van der Waals surface area contributed by atoms with Gasteiger partial charge in [-0.2, -0.15) is 5.26 Å². The number of hydrogen-bond donors (Lipinski definition) is 1. The zero-order valence-corrected chi connectivity index (χ0v) is 11.3. The molecule has 0 fully saturated rings. The molecular weight excluding hydrogens is 258 g/mol. The van der Waals surface area contributed by atoms with Gasteiger partial charge in [-0.25, -0.2) is 4.79 Å². The summed E-state index contributed by atoms with van der Waals surface area (Å²) in [4.78, 5) is 26.8. The first-order valence-corrected chi connectivity index (χ1v) is 6.05. The fourth-order valence-electron chi connectivity index (χ4n) is 1.37. The molecule has 1 N–H and O–H groups in total. The minimum absolute atomic E-state index is 0.146. The summed E-state index contributed by atoms with van der Waals surface area (Å²) in [5, 5.41) is 10.9. The molecule has 1 aromatic carbocycles. The van der Waals surface area contributed by atoms with Crippen LogP contribution in [0.1, 0.15) is 12.5 Å². The maximum Gasteiger partial charge on any atom is 0.413 e. The van der Waals surface area contributed by atoms with Crippen molar-refractivity contribution in [2.75, 3.05) is 6.61 Å². The second kappa shape index (κ2) is 7.69. The summed E-state index contributed by atoms with van der Waals surface area (Å²) >= 11 is 0. The van der Waals surface area contributed by atoms with Gasteiger partial charge in [-0.3, -0.25) is 15.1 Å². The van der Waals surface area contributed by atoms with Crippen LogP contribution in [-0.2, 0) is 9.53 Å². The summed E-state index contributed by atoms with van der Waals surface area (Å²) in [7, 11) is 0. The lowest BCUT2D eigenvalue weighted by Gasteiger charge is -2.05. The predicted molar refractivity (Wildman–Crippen MR) is 73.6 cm³/mol. The fraction of sp³-hybridized carbons (Fsp3) is 0.286. The summed E-state index contributed by atoms with van der Waals surface area (Å²) < 4.78 is 4.56. The topological polar surface area (TPSA) is 91.5 Å². The van der Waals surface area contributed by atoms with Gasteiger partial charge in [0.2, 0.25) is 0 Å². The molecule has 6 heteroatoms. The smallest absolute Gasteiger partial charge is 0.413 e. The van der Waals surface area contributed by atoms with Crippen LogP contribution >= 0.6 is 0 Å². The molecule has 0 aliphatic rings. The first kappa shape index (κ1) is 15.4. The van der Waals surface area contributed by atoms with Crippen LogP contribution in [0.3, 0.4) is 0 Å². The Bertz CT molecular complexity index is 561. The lowest BCUT2D eigenvalue weighted by molar-refractivity contribution is -0.121. The third-order valence-electron chi connectivity index (χ3n) is 2.40. The van der Waals surface area contributed by atoms with Crippen molar-refractivity contribution >= 4 is 23.9 Å². The normalized spacial score (nSPS) is 11.7. The number of hydrogen-bond acceptors (Lipinski definition) is 5. The van der Waals surface area contributed by atoms with Crippen LogP contribution in [-0.4, -0.2) is 24.8 Å². The number of nitriles is 1. The Hall–Kier alpha value is -2.68. The van der Waals surface area contributed by atoms with Crippen molar-refractivity contribution in [1.82, 2.24) is 5.32 Å². The van der Waals surface area contributed by atoms with Gasteiger partial charge in [0.1, 0.15) is 0 Å². The number of aliphatic imine (C=N–C) groups is 1. The molecule has 1 rings (SSSR count). The van der Waals surface area contributed by atoms with E-state index in [1.165, 1.54) is 6.21 Å². The van der Waals surface area contributed by atoms with E-state index in [0.29, 0.717) is 5.69 Å². The van der Waals surface area contributed by atoms with Crippen molar-refractivity contribution in [1.29, 1.82) is 5.26 Å². The van der Waals surface area contributed by atoms with E-state index in [9.17, 15) is 9.59 Å². The Kier molecular flexibility index (Phi) is 5.91. The minimum atomic E-state index is -1.15. The van der Waals surface area contributed by atoms with Crippen molar-refractivity contribution in [3.8, 4) is 6.07 Å². The molecule has 6 nitrogen and oxygen atoms in total. The lowest BCUT2D eigenvalue weighted by Crippen LogP contribution is -2.36. The number of para-hydroxylation sites is 1. The van der Waals surface area contributed by atoms with E-state index in [4.69, 9.17) is 5.26 Å². The average molecular weight is 273 g/mol. The zero-order chi connectivity index (χ0) is 15.0. The van der Waals surface area contributed by atoms with Crippen LogP contribution in [0.2, 0.25) is 0 Å². The average Bonchev–Trinajstić information content (AvgIpc) is 2.41. The van der Waals surface area contributed by atoms with Gasteiger partial charge in [-0.15, -0.1) is 0 Å². The number of carbonyl (C=O) groups excluding carboxylic acids is 2. The molecule has 104 valence electrons.